The van der Waals surface area contributed by atoms with E-state index >= 15 is 0 Å². The average Bonchev–Trinajstić information content (AvgIpc) is 2.25. The number of rotatable bonds is 3. The van der Waals surface area contributed by atoms with Crippen LogP contribution in [0.5, 0.6) is 0 Å². The first-order chi connectivity index (χ1) is 5.66. The summed E-state index contributed by atoms with van der Waals surface area (Å²) in [7, 11) is 0. The highest BCUT2D eigenvalue weighted by Gasteiger charge is 2.28. The molecule has 4 nitrogen and oxygen atoms in total. The zero-order valence-electron chi connectivity index (χ0n) is 6.09. The van der Waals surface area contributed by atoms with Crippen molar-refractivity contribution in [1.82, 2.24) is 5.32 Å². The van der Waals surface area contributed by atoms with E-state index in [0.29, 0.717) is 21.7 Å². The third-order valence-electron chi connectivity index (χ3n) is 1.20. The zero-order chi connectivity index (χ0) is 9.14. The third-order valence-corrected chi connectivity index (χ3v) is 3.33. The molecule has 1 aliphatic rings. The number of halogens is 1. The van der Waals surface area contributed by atoms with Gasteiger partial charge in [0.25, 0.3) is 11.8 Å². The lowest BCUT2D eigenvalue weighted by molar-refractivity contribution is -0.123. The van der Waals surface area contributed by atoms with Gasteiger partial charge >= 0.3 is 0 Å². The number of hydrogen-bond acceptors (Lipinski definition) is 4. The van der Waals surface area contributed by atoms with E-state index < -0.39 is 0 Å². The molecule has 12 heavy (non-hydrogen) atoms. The van der Waals surface area contributed by atoms with Gasteiger partial charge in [0.2, 0.25) is 0 Å². The number of nitrogens with two attached hydrogens (primary N) is 1. The van der Waals surface area contributed by atoms with Crippen LogP contribution in [0.15, 0.2) is 9.39 Å². The lowest BCUT2D eigenvalue weighted by atomic mass is 10.5. The Hall–Kier alpha value is -0.330. The van der Waals surface area contributed by atoms with Crippen LogP contribution in [0.2, 0.25) is 0 Å². The Morgan fingerprint density at radius 1 is 1.42 bits per heavy atom. The van der Waals surface area contributed by atoms with Crippen molar-refractivity contribution in [3.05, 3.63) is 9.39 Å². The maximum Gasteiger partial charge on any atom is 0.266 e. The van der Waals surface area contributed by atoms with Crippen LogP contribution in [0.25, 0.3) is 0 Å². The predicted octanol–water partition coefficient (Wildman–Crippen LogP) is -0.0588. The minimum atomic E-state index is -0.375. The van der Waals surface area contributed by atoms with Crippen LogP contribution in [0, 0.1) is 0 Å². The van der Waals surface area contributed by atoms with Crippen molar-refractivity contribution in [3.63, 3.8) is 0 Å². The second-order valence-corrected chi connectivity index (χ2v) is 3.96. The Bertz CT molecular complexity index is 264. The first-order valence-corrected chi connectivity index (χ1v) is 5.03. The summed E-state index contributed by atoms with van der Waals surface area (Å²) in [5, 5.41) is 2.17. The van der Waals surface area contributed by atoms with Gasteiger partial charge in [-0.05, 0) is 15.9 Å². The highest BCUT2D eigenvalue weighted by atomic mass is 79.9. The van der Waals surface area contributed by atoms with Crippen LogP contribution in [-0.4, -0.2) is 24.1 Å². The van der Waals surface area contributed by atoms with E-state index in [1.165, 1.54) is 11.8 Å². The number of carbonyl (C=O) groups excluding carboxylic acids is 2. The maximum atomic E-state index is 11.0. The summed E-state index contributed by atoms with van der Waals surface area (Å²) < 4.78 is 0.311. The normalized spacial score (nSPS) is 17.2. The molecule has 0 aliphatic carbocycles. The van der Waals surface area contributed by atoms with Crippen LogP contribution in [-0.2, 0) is 9.59 Å². The van der Waals surface area contributed by atoms with E-state index in [-0.39, 0.29) is 11.8 Å². The van der Waals surface area contributed by atoms with E-state index in [1.54, 1.807) is 0 Å². The molecule has 0 unspecified atom stereocenters. The SMILES string of the molecule is NCCSC1=C(Br)C(=O)NC1=O. The van der Waals surface area contributed by atoms with Gasteiger partial charge in [-0.1, -0.05) is 0 Å². The Morgan fingerprint density at radius 3 is 2.50 bits per heavy atom. The number of imide groups is 1. The lowest BCUT2D eigenvalue weighted by Crippen LogP contribution is -2.22. The molecule has 1 rings (SSSR count). The van der Waals surface area contributed by atoms with E-state index in [9.17, 15) is 9.59 Å². The molecule has 0 atom stereocenters. The highest BCUT2D eigenvalue weighted by molar-refractivity contribution is 9.12. The zero-order valence-corrected chi connectivity index (χ0v) is 8.50. The number of thioether (sulfide) groups is 1. The molecule has 2 amide bonds. The summed E-state index contributed by atoms with van der Waals surface area (Å²) in [6.45, 7) is 0.482. The minimum absolute atomic E-state index is 0.311. The van der Waals surface area contributed by atoms with Gasteiger partial charge in [-0.3, -0.25) is 14.9 Å². The first-order valence-electron chi connectivity index (χ1n) is 3.25. The standard InChI is InChI=1S/C6H7BrN2O2S/c7-3-4(12-2-1-8)6(11)9-5(3)10/h1-2,8H2,(H,9,10,11). The largest absolute Gasteiger partial charge is 0.330 e. The van der Waals surface area contributed by atoms with Crippen LogP contribution < -0.4 is 11.1 Å². The molecule has 6 heteroatoms. The van der Waals surface area contributed by atoms with Gasteiger partial charge in [0.1, 0.15) is 4.48 Å². The molecular weight excluding hydrogens is 244 g/mol. The fraction of sp³-hybridized carbons (Fsp3) is 0.333. The third kappa shape index (κ3) is 1.88. The number of carbonyl (C=O) groups is 2. The van der Waals surface area contributed by atoms with Crippen molar-refractivity contribution in [2.24, 2.45) is 5.73 Å². The fourth-order valence-corrected chi connectivity index (χ4v) is 2.05. The van der Waals surface area contributed by atoms with E-state index in [4.69, 9.17) is 5.73 Å². The summed E-state index contributed by atoms with van der Waals surface area (Å²) in [5.74, 6) is -0.0876. The lowest BCUT2D eigenvalue weighted by Gasteiger charge is -1.96. The molecule has 1 aliphatic heterocycles. The Morgan fingerprint density at radius 2 is 2.08 bits per heavy atom. The van der Waals surface area contributed by atoms with Crippen molar-refractivity contribution in [2.45, 2.75) is 0 Å². The average molecular weight is 251 g/mol. The van der Waals surface area contributed by atoms with E-state index in [0.717, 1.165) is 0 Å². The van der Waals surface area contributed by atoms with Gasteiger partial charge in [0.15, 0.2) is 0 Å². The molecule has 0 fully saturated rings. The minimum Gasteiger partial charge on any atom is -0.330 e. The number of amides is 2. The predicted molar refractivity (Wildman–Crippen MR) is 50.6 cm³/mol. The molecule has 0 aromatic heterocycles. The van der Waals surface area contributed by atoms with Crippen LogP contribution in [0.4, 0.5) is 0 Å². The van der Waals surface area contributed by atoms with Gasteiger partial charge in [-0.2, -0.15) is 0 Å². The van der Waals surface area contributed by atoms with Gasteiger partial charge in [0, 0.05) is 12.3 Å². The second kappa shape index (κ2) is 4.06. The molecule has 3 N–H and O–H groups in total. The van der Waals surface area contributed by atoms with Crippen molar-refractivity contribution in [1.29, 1.82) is 0 Å². The second-order valence-electron chi connectivity index (χ2n) is 2.06. The van der Waals surface area contributed by atoms with Gasteiger partial charge < -0.3 is 5.73 Å². The summed E-state index contributed by atoms with van der Waals surface area (Å²) in [6, 6.07) is 0. The monoisotopic (exact) mass is 250 g/mol. The molecule has 0 spiro atoms. The van der Waals surface area contributed by atoms with Crippen LogP contribution >= 0.6 is 27.7 Å². The fourth-order valence-electron chi connectivity index (χ4n) is 0.707. The smallest absolute Gasteiger partial charge is 0.266 e. The Kier molecular flexibility index (Phi) is 3.30. The Labute approximate surface area is 82.1 Å². The highest BCUT2D eigenvalue weighted by Crippen LogP contribution is 2.27. The Balaban J connectivity index is 2.71. The van der Waals surface area contributed by atoms with Crippen LogP contribution in [0.3, 0.4) is 0 Å². The van der Waals surface area contributed by atoms with Crippen LogP contribution in [0.1, 0.15) is 0 Å². The topological polar surface area (TPSA) is 72.2 Å². The molecule has 0 saturated carbocycles. The first kappa shape index (κ1) is 9.76. The van der Waals surface area contributed by atoms with Crippen molar-refractivity contribution < 1.29 is 9.59 Å². The van der Waals surface area contributed by atoms with Gasteiger partial charge in [-0.15, -0.1) is 11.8 Å². The summed E-state index contributed by atoms with van der Waals surface area (Å²) in [6.07, 6.45) is 0. The van der Waals surface area contributed by atoms with Crippen molar-refractivity contribution in [2.75, 3.05) is 12.3 Å². The number of nitrogens with one attached hydrogen (secondary N) is 1. The molecule has 66 valence electrons. The summed E-state index contributed by atoms with van der Waals surface area (Å²) in [5.41, 5.74) is 5.26. The summed E-state index contributed by atoms with van der Waals surface area (Å²) >= 11 is 4.30. The molecular formula is C6H7BrN2O2S. The van der Waals surface area contributed by atoms with E-state index in [2.05, 4.69) is 21.2 Å². The molecule has 0 saturated heterocycles. The molecule has 0 radical (unpaired) electrons. The quantitative estimate of drug-likeness (QED) is 0.689. The summed E-state index contributed by atoms with van der Waals surface area (Å²) in [4.78, 5) is 22.3. The van der Waals surface area contributed by atoms with Crippen molar-refractivity contribution >= 4 is 39.5 Å². The molecule has 0 aromatic carbocycles. The maximum absolute atomic E-state index is 11.0. The van der Waals surface area contributed by atoms with Gasteiger partial charge in [0.05, 0.1) is 4.91 Å². The van der Waals surface area contributed by atoms with E-state index in [1.807, 2.05) is 0 Å². The number of hydrogen-bond donors (Lipinski definition) is 2. The van der Waals surface area contributed by atoms with Gasteiger partial charge in [-0.25, -0.2) is 0 Å². The molecule has 0 bridgehead atoms. The molecule has 1 heterocycles. The molecule has 0 aromatic rings. The van der Waals surface area contributed by atoms with Crippen molar-refractivity contribution in [3.8, 4) is 0 Å².